The lowest BCUT2D eigenvalue weighted by atomic mass is 9.92. The first-order chi connectivity index (χ1) is 14.9. The van der Waals surface area contributed by atoms with Gasteiger partial charge in [0.15, 0.2) is 0 Å². The van der Waals surface area contributed by atoms with Gasteiger partial charge in [-0.2, -0.15) is 0 Å². The van der Waals surface area contributed by atoms with Gasteiger partial charge >= 0.3 is 17.6 Å². The number of ketones is 1. The molecule has 31 heavy (non-hydrogen) atoms. The van der Waals surface area contributed by atoms with Gasteiger partial charge in [-0.15, -0.1) is 0 Å². The van der Waals surface area contributed by atoms with E-state index >= 15 is 0 Å². The number of fused-ring (bicyclic) bond motifs is 1. The zero-order valence-electron chi connectivity index (χ0n) is 17.1. The highest BCUT2D eigenvalue weighted by atomic mass is 16.5. The van der Waals surface area contributed by atoms with Crippen LogP contribution in [-0.4, -0.2) is 31.4 Å². The molecule has 158 valence electrons. The fraction of sp³-hybridized carbons (Fsp3) is 0.167. The van der Waals surface area contributed by atoms with Crippen molar-refractivity contribution in [2.24, 2.45) is 0 Å². The van der Waals surface area contributed by atoms with E-state index in [-0.39, 0.29) is 46.4 Å². The molecule has 0 spiro atoms. The molecule has 0 unspecified atom stereocenters. The Balaban J connectivity index is 2.28. The molecular formula is C24H20O7. The Morgan fingerprint density at radius 2 is 1.74 bits per heavy atom. The highest BCUT2D eigenvalue weighted by Gasteiger charge is 2.25. The zero-order chi connectivity index (χ0) is 22.5. The Bertz CT molecular complexity index is 1240. The summed E-state index contributed by atoms with van der Waals surface area (Å²) in [6.45, 7) is 5.57. The number of carbonyl (C=O) groups excluding carboxylic acids is 3. The Hall–Kier alpha value is -4.00. The van der Waals surface area contributed by atoms with E-state index in [9.17, 15) is 19.2 Å². The van der Waals surface area contributed by atoms with Crippen LogP contribution in [-0.2, 0) is 20.7 Å². The van der Waals surface area contributed by atoms with Crippen molar-refractivity contribution >= 4 is 28.7 Å². The molecule has 0 aliphatic carbocycles. The van der Waals surface area contributed by atoms with Crippen molar-refractivity contribution < 1.29 is 28.3 Å². The number of methoxy groups -OCH3 is 1. The van der Waals surface area contributed by atoms with Crippen molar-refractivity contribution in [3.63, 3.8) is 0 Å². The Labute approximate surface area is 177 Å². The van der Waals surface area contributed by atoms with Crippen LogP contribution in [0.1, 0.15) is 38.8 Å². The quantitative estimate of drug-likeness (QED) is 0.250. The van der Waals surface area contributed by atoms with Gasteiger partial charge in [-0.3, -0.25) is 4.79 Å². The molecule has 0 fully saturated rings. The molecule has 1 heterocycles. The third-order valence-corrected chi connectivity index (χ3v) is 4.65. The maximum Gasteiger partial charge on any atom is 0.347 e. The van der Waals surface area contributed by atoms with Crippen LogP contribution in [0.4, 0.5) is 0 Å². The van der Waals surface area contributed by atoms with Crippen LogP contribution >= 0.6 is 0 Å². The van der Waals surface area contributed by atoms with E-state index in [1.54, 1.807) is 37.3 Å². The van der Waals surface area contributed by atoms with Crippen LogP contribution in [0.5, 0.6) is 0 Å². The summed E-state index contributed by atoms with van der Waals surface area (Å²) in [5.74, 6) is -1.81. The van der Waals surface area contributed by atoms with Gasteiger partial charge in [0.05, 0.1) is 19.3 Å². The van der Waals surface area contributed by atoms with Gasteiger partial charge in [0, 0.05) is 22.9 Å². The van der Waals surface area contributed by atoms with Crippen LogP contribution in [0.25, 0.3) is 11.0 Å². The van der Waals surface area contributed by atoms with Gasteiger partial charge in [-0.05, 0) is 30.7 Å². The van der Waals surface area contributed by atoms with Crippen molar-refractivity contribution in [3.05, 3.63) is 93.4 Å². The molecule has 0 aliphatic heterocycles. The summed E-state index contributed by atoms with van der Waals surface area (Å²) in [7, 11) is 1.21. The second kappa shape index (κ2) is 9.21. The van der Waals surface area contributed by atoms with Gasteiger partial charge < -0.3 is 13.9 Å². The third-order valence-electron chi connectivity index (χ3n) is 4.65. The monoisotopic (exact) mass is 420 g/mol. The number of esters is 2. The van der Waals surface area contributed by atoms with Crippen molar-refractivity contribution in [2.45, 2.75) is 13.3 Å². The molecule has 0 bridgehead atoms. The minimum atomic E-state index is -0.849. The third kappa shape index (κ3) is 4.45. The average molecular weight is 420 g/mol. The van der Waals surface area contributed by atoms with E-state index in [1.165, 1.54) is 25.3 Å². The van der Waals surface area contributed by atoms with Crippen LogP contribution in [0.2, 0.25) is 0 Å². The molecule has 0 N–H and O–H groups in total. The predicted octanol–water partition coefficient (Wildman–Crippen LogP) is 3.47. The second-order valence-electron chi connectivity index (χ2n) is 6.64. The standard InChI is InChI=1S/C24H20O7/c1-4-30-23(27)16-10-11-19-17(13-16)18(12-14(2)22(26)29-3)20(24(28)31-19)21(25)15-8-6-5-7-9-15/h5-11,13H,2,4,12H2,1,3H3. The highest BCUT2D eigenvalue weighted by Crippen LogP contribution is 2.26. The lowest BCUT2D eigenvalue weighted by Crippen LogP contribution is -2.20. The van der Waals surface area contributed by atoms with E-state index in [1.807, 2.05) is 0 Å². The normalized spacial score (nSPS) is 10.5. The zero-order valence-corrected chi connectivity index (χ0v) is 17.1. The summed E-state index contributed by atoms with van der Waals surface area (Å²) < 4.78 is 15.1. The van der Waals surface area contributed by atoms with E-state index in [0.717, 1.165) is 0 Å². The molecule has 0 atom stereocenters. The Morgan fingerprint density at radius 1 is 1.03 bits per heavy atom. The molecule has 7 heteroatoms. The van der Waals surface area contributed by atoms with Gasteiger partial charge in [0.1, 0.15) is 11.1 Å². The first-order valence-corrected chi connectivity index (χ1v) is 9.50. The SMILES string of the molecule is C=C(Cc1c(C(=O)c2ccccc2)c(=O)oc2ccc(C(=O)OCC)cc12)C(=O)OC. The molecule has 7 nitrogen and oxygen atoms in total. The van der Waals surface area contributed by atoms with Crippen molar-refractivity contribution in [1.82, 2.24) is 0 Å². The van der Waals surface area contributed by atoms with E-state index in [0.29, 0.717) is 5.39 Å². The summed E-state index contributed by atoms with van der Waals surface area (Å²) in [6.07, 6.45) is -0.144. The van der Waals surface area contributed by atoms with Gasteiger partial charge in [-0.25, -0.2) is 14.4 Å². The number of benzene rings is 2. The van der Waals surface area contributed by atoms with E-state index < -0.39 is 23.3 Å². The first kappa shape index (κ1) is 21.7. The minimum Gasteiger partial charge on any atom is -0.466 e. The maximum absolute atomic E-state index is 13.2. The van der Waals surface area contributed by atoms with Crippen molar-refractivity contribution in [3.8, 4) is 0 Å². The largest absolute Gasteiger partial charge is 0.466 e. The van der Waals surface area contributed by atoms with E-state index in [4.69, 9.17) is 13.9 Å². The smallest absolute Gasteiger partial charge is 0.347 e. The minimum absolute atomic E-state index is 0.0399. The Morgan fingerprint density at radius 3 is 2.39 bits per heavy atom. The number of hydrogen-bond acceptors (Lipinski definition) is 7. The van der Waals surface area contributed by atoms with Gasteiger partial charge in [0.2, 0.25) is 5.78 Å². The van der Waals surface area contributed by atoms with Crippen LogP contribution in [0.15, 0.2) is 69.9 Å². The number of rotatable bonds is 7. The van der Waals surface area contributed by atoms with Crippen LogP contribution in [0.3, 0.4) is 0 Å². The number of hydrogen-bond donors (Lipinski definition) is 0. The molecule has 3 rings (SSSR count). The summed E-state index contributed by atoms with van der Waals surface area (Å²) >= 11 is 0. The lowest BCUT2D eigenvalue weighted by Gasteiger charge is -2.13. The molecule has 1 aromatic heterocycles. The number of ether oxygens (including phenoxy) is 2. The highest BCUT2D eigenvalue weighted by molar-refractivity contribution is 6.12. The number of carbonyl (C=O) groups is 3. The molecule has 0 amide bonds. The fourth-order valence-electron chi connectivity index (χ4n) is 3.18. The molecule has 3 aromatic rings. The van der Waals surface area contributed by atoms with Crippen LogP contribution in [0, 0.1) is 0 Å². The van der Waals surface area contributed by atoms with E-state index in [2.05, 4.69) is 6.58 Å². The predicted molar refractivity (Wildman–Crippen MR) is 113 cm³/mol. The summed E-state index contributed by atoms with van der Waals surface area (Å²) in [5, 5.41) is 0.328. The average Bonchev–Trinajstić information content (AvgIpc) is 2.78. The summed E-state index contributed by atoms with van der Waals surface area (Å²) in [4.78, 5) is 50.1. The molecule has 0 saturated heterocycles. The summed E-state index contributed by atoms with van der Waals surface area (Å²) in [6, 6.07) is 12.6. The topological polar surface area (TPSA) is 99.9 Å². The molecule has 0 aliphatic rings. The van der Waals surface area contributed by atoms with Crippen molar-refractivity contribution in [1.29, 1.82) is 0 Å². The second-order valence-corrected chi connectivity index (χ2v) is 6.64. The Kier molecular flexibility index (Phi) is 6.45. The fourth-order valence-corrected chi connectivity index (χ4v) is 3.18. The maximum atomic E-state index is 13.2. The lowest BCUT2D eigenvalue weighted by molar-refractivity contribution is -0.136. The van der Waals surface area contributed by atoms with Gasteiger partial charge in [-0.1, -0.05) is 36.9 Å². The molecule has 2 aromatic carbocycles. The van der Waals surface area contributed by atoms with Gasteiger partial charge in [0.25, 0.3) is 0 Å². The molecular weight excluding hydrogens is 400 g/mol. The van der Waals surface area contributed by atoms with Crippen molar-refractivity contribution in [2.75, 3.05) is 13.7 Å². The van der Waals surface area contributed by atoms with Crippen LogP contribution < -0.4 is 5.63 Å². The summed E-state index contributed by atoms with van der Waals surface area (Å²) in [5.41, 5.74) is -0.162. The molecule has 0 radical (unpaired) electrons. The first-order valence-electron chi connectivity index (χ1n) is 9.50. The molecule has 0 saturated carbocycles.